The zero-order valence-electron chi connectivity index (χ0n) is 9.85. The summed E-state index contributed by atoms with van der Waals surface area (Å²) in [6, 6.07) is 4.56. The summed E-state index contributed by atoms with van der Waals surface area (Å²) in [5.74, 6) is 0.496. The molecule has 90 valence electrons. The van der Waals surface area contributed by atoms with Gasteiger partial charge in [-0.05, 0) is 44.8 Å². The maximum absolute atomic E-state index is 13.0. The molecular formula is C12H19FN2O. The molecule has 1 aromatic carbocycles. The maximum atomic E-state index is 13.0. The minimum Gasteiger partial charge on any atom is -0.496 e. The molecule has 0 radical (unpaired) electrons. The lowest BCUT2D eigenvalue weighted by Crippen LogP contribution is -2.19. The van der Waals surface area contributed by atoms with E-state index in [0.29, 0.717) is 6.54 Å². The van der Waals surface area contributed by atoms with E-state index in [9.17, 15) is 4.39 Å². The van der Waals surface area contributed by atoms with E-state index in [4.69, 9.17) is 4.74 Å². The number of hydrogen-bond acceptors (Lipinski definition) is 3. The molecule has 0 heterocycles. The molecule has 0 aliphatic heterocycles. The van der Waals surface area contributed by atoms with Gasteiger partial charge in [0.2, 0.25) is 0 Å². The van der Waals surface area contributed by atoms with Gasteiger partial charge in [0.15, 0.2) is 0 Å². The summed E-state index contributed by atoms with van der Waals surface area (Å²) in [5.41, 5.74) is 0.854. The maximum Gasteiger partial charge on any atom is 0.123 e. The fourth-order valence-corrected chi connectivity index (χ4v) is 1.50. The van der Waals surface area contributed by atoms with E-state index in [2.05, 4.69) is 10.6 Å². The molecule has 16 heavy (non-hydrogen) atoms. The van der Waals surface area contributed by atoms with Crippen molar-refractivity contribution in [2.75, 3.05) is 27.2 Å². The van der Waals surface area contributed by atoms with E-state index in [-0.39, 0.29) is 5.82 Å². The molecule has 0 bridgehead atoms. The van der Waals surface area contributed by atoms with Crippen molar-refractivity contribution in [3.8, 4) is 5.75 Å². The van der Waals surface area contributed by atoms with Crippen LogP contribution in [0, 0.1) is 5.82 Å². The Hall–Kier alpha value is -1.13. The highest BCUT2D eigenvalue weighted by molar-refractivity contribution is 5.33. The molecule has 0 unspecified atom stereocenters. The number of rotatable bonds is 7. The average Bonchev–Trinajstić information content (AvgIpc) is 2.29. The van der Waals surface area contributed by atoms with Gasteiger partial charge in [0, 0.05) is 12.1 Å². The molecule has 0 aromatic heterocycles. The van der Waals surface area contributed by atoms with Gasteiger partial charge >= 0.3 is 0 Å². The topological polar surface area (TPSA) is 33.3 Å². The number of ether oxygens (including phenoxy) is 1. The van der Waals surface area contributed by atoms with Gasteiger partial charge in [0.05, 0.1) is 7.11 Å². The van der Waals surface area contributed by atoms with Crippen LogP contribution >= 0.6 is 0 Å². The highest BCUT2D eigenvalue weighted by atomic mass is 19.1. The second kappa shape index (κ2) is 7.19. The first-order chi connectivity index (χ1) is 7.77. The SMILES string of the molecule is CNCCCNCc1cc(F)ccc1OC. The minimum atomic E-state index is -0.229. The molecule has 0 spiro atoms. The lowest BCUT2D eigenvalue weighted by Gasteiger charge is -2.09. The van der Waals surface area contributed by atoms with Gasteiger partial charge in [-0.1, -0.05) is 0 Å². The molecule has 0 atom stereocenters. The van der Waals surface area contributed by atoms with E-state index in [1.165, 1.54) is 12.1 Å². The van der Waals surface area contributed by atoms with Crippen LogP contribution in [-0.2, 0) is 6.54 Å². The van der Waals surface area contributed by atoms with Crippen molar-refractivity contribution in [1.82, 2.24) is 10.6 Å². The molecular weight excluding hydrogens is 207 g/mol. The monoisotopic (exact) mass is 226 g/mol. The van der Waals surface area contributed by atoms with Gasteiger partial charge in [0.1, 0.15) is 11.6 Å². The first kappa shape index (κ1) is 12.9. The van der Waals surface area contributed by atoms with Crippen LogP contribution in [0.15, 0.2) is 18.2 Å². The molecule has 0 aliphatic carbocycles. The zero-order valence-corrected chi connectivity index (χ0v) is 9.85. The number of nitrogens with one attached hydrogen (secondary N) is 2. The van der Waals surface area contributed by atoms with Crippen molar-refractivity contribution in [3.63, 3.8) is 0 Å². The smallest absolute Gasteiger partial charge is 0.123 e. The van der Waals surface area contributed by atoms with Crippen LogP contribution < -0.4 is 15.4 Å². The predicted octanol–water partition coefficient (Wildman–Crippen LogP) is 1.53. The van der Waals surface area contributed by atoms with Crippen molar-refractivity contribution in [2.45, 2.75) is 13.0 Å². The number of methoxy groups -OCH3 is 1. The molecule has 4 heteroatoms. The van der Waals surface area contributed by atoms with E-state index < -0.39 is 0 Å². The summed E-state index contributed by atoms with van der Waals surface area (Å²) in [7, 11) is 3.52. The molecule has 0 amide bonds. The molecule has 2 N–H and O–H groups in total. The third-order valence-electron chi connectivity index (χ3n) is 2.34. The van der Waals surface area contributed by atoms with Gasteiger partial charge in [-0.2, -0.15) is 0 Å². The summed E-state index contributed by atoms with van der Waals surface area (Å²) in [5, 5.41) is 6.33. The Bertz CT molecular complexity index is 318. The van der Waals surface area contributed by atoms with Crippen LogP contribution in [0.25, 0.3) is 0 Å². The second-order valence-corrected chi connectivity index (χ2v) is 3.59. The van der Waals surface area contributed by atoms with Gasteiger partial charge in [-0.15, -0.1) is 0 Å². The van der Waals surface area contributed by atoms with E-state index in [1.807, 2.05) is 7.05 Å². The lowest BCUT2D eigenvalue weighted by molar-refractivity contribution is 0.406. The Morgan fingerprint density at radius 3 is 2.81 bits per heavy atom. The van der Waals surface area contributed by atoms with Crippen LogP contribution in [0.5, 0.6) is 5.75 Å². The van der Waals surface area contributed by atoms with E-state index >= 15 is 0 Å². The van der Waals surface area contributed by atoms with E-state index in [1.54, 1.807) is 13.2 Å². The van der Waals surface area contributed by atoms with Crippen molar-refractivity contribution in [2.24, 2.45) is 0 Å². The van der Waals surface area contributed by atoms with Crippen LogP contribution in [-0.4, -0.2) is 27.2 Å². The highest BCUT2D eigenvalue weighted by Gasteiger charge is 2.03. The fourth-order valence-electron chi connectivity index (χ4n) is 1.50. The summed E-state index contributed by atoms with van der Waals surface area (Å²) >= 11 is 0. The molecule has 0 saturated heterocycles. The van der Waals surface area contributed by atoms with E-state index in [0.717, 1.165) is 30.8 Å². The summed E-state index contributed by atoms with van der Waals surface area (Å²) in [4.78, 5) is 0. The molecule has 3 nitrogen and oxygen atoms in total. The Morgan fingerprint density at radius 1 is 1.31 bits per heavy atom. The van der Waals surface area contributed by atoms with Gasteiger partial charge < -0.3 is 15.4 Å². The van der Waals surface area contributed by atoms with Crippen molar-refractivity contribution in [3.05, 3.63) is 29.6 Å². The van der Waals surface area contributed by atoms with Crippen molar-refractivity contribution >= 4 is 0 Å². The summed E-state index contributed by atoms with van der Waals surface area (Å²) in [6.07, 6.45) is 1.05. The third-order valence-corrected chi connectivity index (χ3v) is 2.34. The first-order valence-corrected chi connectivity index (χ1v) is 5.45. The quantitative estimate of drug-likeness (QED) is 0.692. The second-order valence-electron chi connectivity index (χ2n) is 3.59. The van der Waals surface area contributed by atoms with Crippen LogP contribution in [0.4, 0.5) is 4.39 Å². The molecule has 0 fully saturated rings. The van der Waals surface area contributed by atoms with Gasteiger partial charge in [0.25, 0.3) is 0 Å². The lowest BCUT2D eigenvalue weighted by atomic mass is 10.2. The molecule has 0 aliphatic rings. The van der Waals surface area contributed by atoms with Crippen LogP contribution in [0.2, 0.25) is 0 Å². The van der Waals surface area contributed by atoms with Crippen molar-refractivity contribution < 1.29 is 9.13 Å². The highest BCUT2D eigenvalue weighted by Crippen LogP contribution is 2.18. The van der Waals surface area contributed by atoms with Crippen molar-refractivity contribution in [1.29, 1.82) is 0 Å². The van der Waals surface area contributed by atoms with Gasteiger partial charge in [-0.25, -0.2) is 4.39 Å². The molecule has 1 aromatic rings. The zero-order chi connectivity index (χ0) is 11.8. The van der Waals surface area contributed by atoms with Gasteiger partial charge in [-0.3, -0.25) is 0 Å². The number of benzene rings is 1. The molecule has 1 rings (SSSR count). The largest absolute Gasteiger partial charge is 0.496 e. The first-order valence-electron chi connectivity index (χ1n) is 5.45. The van der Waals surface area contributed by atoms with Crippen LogP contribution in [0.1, 0.15) is 12.0 Å². The predicted molar refractivity (Wildman–Crippen MR) is 63.2 cm³/mol. The Morgan fingerprint density at radius 2 is 2.12 bits per heavy atom. The summed E-state index contributed by atoms with van der Waals surface area (Å²) < 4.78 is 18.2. The standard InChI is InChI=1S/C12H19FN2O/c1-14-6-3-7-15-9-10-8-11(13)4-5-12(10)16-2/h4-5,8,14-15H,3,6-7,9H2,1-2H3. The number of hydrogen-bond donors (Lipinski definition) is 2. The average molecular weight is 226 g/mol. The van der Waals surface area contributed by atoms with Crippen LogP contribution in [0.3, 0.4) is 0 Å². The fraction of sp³-hybridized carbons (Fsp3) is 0.500. The molecule has 0 saturated carbocycles. The minimum absolute atomic E-state index is 0.229. The Balaban J connectivity index is 2.42. The normalized spacial score (nSPS) is 10.4. The third kappa shape index (κ3) is 4.16. The Kier molecular flexibility index (Phi) is 5.82. The summed E-state index contributed by atoms with van der Waals surface area (Å²) in [6.45, 7) is 2.51. The number of halogens is 1. The Labute approximate surface area is 96.0 Å².